The molecule has 25 heavy (non-hydrogen) atoms. The Hall–Kier alpha value is -1.72. The molecule has 0 saturated heterocycles. The molecule has 1 aromatic heterocycles. The SMILES string of the molecule is CCNS(=O)(=O)OCC(=O)Nc1nc(C)c(Oc2cccc(Cl)c2)s1. The number of halogens is 1. The van der Waals surface area contributed by atoms with E-state index in [-0.39, 0.29) is 11.7 Å². The van der Waals surface area contributed by atoms with E-state index >= 15 is 0 Å². The number of benzene rings is 1. The van der Waals surface area contributed by atoms with Gasteiger partial charge in [0.2, 0.25) is 5.06 Å². The van der Waals surface area contributed by atoms with Crippen molar-refractivity contribution in [2.75, 3.05) is 18.5 Å². The van der Waals surface area contributed by atoms with Crippen LogP contribution >= 0.6 is 22.9 Å². The van der Waals surface area contributed by atoms with Crippen molar-refractivity contribution in [3.8, 4) is 10.8 Å². The molecule has 1 heterocycles. The lowest BCUT2D eigenvalue weighted by Gasteiger charge is -2.05. The number of carbonyl (C=O) groups excluding carboxylic acids is 1. The van der Waals surface area contributed by atoms with Gasteiger partial charge in [-0.25, -0.2) is 9.17 Å². The van der Waals surface area contributed by atoms with Crippen molar-refractivity contribution in [3.63, 3.8) is 0 Å². The van der Waals surface area contributed by atoms with Gasteiger partial charge in [-0.2, -0.15) is 13.1 Å². The molecule has 0 bridgehead atoms. The van der Waals surface area contributed by atoms with Crippen LogP contribution in [0.1, 0.15) is 12.6 Å². The lowest BCUT2D eigenvalue weighted by Crippen LogP contribution is -2.29. The molecule has 1 aromatic carbocycles. The topological polar surface area (TPSA) is 107 Å². The summed E-state index contributed by atoms with van der Waals surface area (Å²) >= 11 is 7.00. The molecule has 2 aromatic rings. The Morgan fingerprint density at radius 2 is 2.16 bits per heavy atom. The molecule has 1 amide bonds. The lowest BCUT2D eigenvalue weighted by atomic mass is 10.3. The van der Waals surface area contributed by atoms with Crippen molar-refractivity contribution in [2.45, 2.75) is 13.8 Å². The minimum absolute atomic E-state index is 0.166. The zero-order chi connectivity index (χ0) is 18.4. The number of carbonyl (C=O) groups is 1. The maximum absolute atomic E-state index is 11.8. The number of amides is 1. The van der Waals surface area contributed by atoms with Crippen LogP contribution in [-0.2, 0) is 19.3 Å². The maximum atomic E-state index is 11.8. The lowest BCUT2D eigenvalue weighted by molar-refractivity contribution is -0.118. The van der Waals surface area contributed by atoms with Crippen molar-refractivity contribution in [2.24, 2.45) is 0 Å². The molecule has 0 fully saturated rings. The van der Waals surface area contributed by atoms with Crippen LogP contribution in [0.25, 0.3) is 0 Å². The molecule has 2 rings (SSSR count). The van der Waals surface area contributed by atoms with Crippen LogP contribution in [0.4, 0.5) is 5.13 Å². The van der Waals surface area contributed by atoms with Gasteiger partial charge in [0.15, 0.2) is 5.13 Å². The molecule has 11 heteroatoms. The number of nitrogens with zero attached hydrogens (tertiary/aromatic N) is 1. The maximum Gasteiger partial charge on any atom is 0.336 e. The average Bonchev–Trinajstić information content (AvgIpc) is 2.85. The van der Waals surface area contributed by atoms with Gasteiger partial charge in [0.25, 0.3) is 5.91 Å². The molecule has 0 saturated carbocycles. The smallest absolute Gasteiger partial charge is 0.336 e. The summed E-state index contributed by atoms with van der Waals surface area (Å²) < 4.78 is 35.0. The highest BCUT2D eigenvalue weighted by molar-refractivity contribution is 7.84. The van der Waals surface area contributed by atoms with Gasteiger partial charge in [0.1, 0.15) is 12.4 Å². The largest absolute Gasteiger partial charge is 0.445 e. The third-order valence-electron chi connectivity index (χ3n) is 2.67. The second-order valence-electron chi connectivity index (χ2n) is 4.71. The van der Waals surface area contributed by atoms with E-state index in [1.807, 2.05) is 0 Å². The highest BCUT2D eigenvalue weighted by Crippen LogP contribution is 2.34. The van der Waals surface area contributed by atoms with Crippen LogP contribution < -0.4 is 14.8 Å². The molecular formula is C14H16ClN3O5S2. The summed E-state index contributed by atoms with van der Waals surface area (Å²) in [5, 5.41) is 3.75. The van der Waals surface area contributed by atoms with Crippen LogP contribution in [0, 0.1) is 6.92 Å². The Labute approximate surface area is 154 Å². The minimum Gasteiger partial charge on any atom is -0.445 e. The number of rotatable bonds is 8. The quantitative estimate of drug-likeness (QED) is 0.699. The first-order valence-corrected chi connectivity index (χ1v) is 9.74. The van der Waals surface area contributed by atoms with E-state index in [1.165, 1.54) is 0 Å². The molecule has 0 aliphatic carbocycles. The number of ether oxygens (including phenoxy) is 1. The van der Waals surface area contributed by atoms with Crippen molar-refractivity contribution in [1.29, 1.82) is 0 Å². The van der Waals surface area contributed by atoms with E-state index in [0.29, 0.717) is 21.5 Å². The van der Waals surface area contributed by atoms with Crippen LogP contribution in [0.5, 0.6) is 10.8 Å². The predicted octanol–water partition coefficient (Wildman–Crippen LogP) is 2.71. The van der Waals surface area contributed by atoms with Crippen LogP contribution in [0.15, 0.2) is 24.3 Å². The number of nitrogens with one attached hydrogen (secondary N) is 2. The second kappa shape index (κ2) is 8.59. The summed E-state index contributed by atoms with van der Waals surface area (Å²) in [7, 11) is -3.93. The zero-order valence-electron chi connectivity index (χ0n) is 13.4. The predicted molar refractivity (Wildman–Crippen MR) is 95.6 cm³/mol. The van der Waals surface area contributed by atoms with Crippen molar-refractivity contribution in [1.82, 2.24) is 9.71 Å². The average molecular weight is 406 g/mol. The Balaban J connectivity index is 1.96. The van der Waals surface area contributed by atoms with E-state index in [2.05, 4.69) is 19.2 Å². The van der Waals surface area contributed by atoms with E-state index < -0.39 is 22.8 Å². The standard InChI is InChI=1S/C14H16ClN3O5S2/c1-3-16-25(20,21)22-8-12(19)18-14-17-9(2)13(24-14)23-11-6-4-5-10(15)7-11/h4-7,16H,3,8H2,1-2H3,(H,17,18,19). The first kappa shape index (κ1) is 19.6. The zero-order valence-corrected chi connectivity index (χ0v) is 15.8. The Kier molecular flexibility index (Phi) is 6.73. The summed E-state index contributed by atoms with van der Waals surface area (Å²) in [4.78, 5) is 15.9. The van der Waals surface area contributed by atoms with E-state index in [9.17, 15) is 13.2 Å². The normalized spacial score (nSPS) is 11.3. The molecule has 0 unspecified atom stereocenters. The molecule has 2 N–H and O–H groups in total. The monoisotopic (exact) mass is 405 g/mol. The van der Waals surface area contributed by atoms with Crippen LogP contribution in [-0.4, -0.2) is 32.5 Å². The number of anilines is 1. The van der Waals surface area contributed by atoms with Crippen molar-refractivity contribution < 1.29 is 22.1 Å². The fourth-order valence-electron chi connectivity index (χ4n) is 1.67. The number of aromatic nitrogens is 1. The van der Waals surface area contributed by atoms with E-state index in [4.69, 9.17) is 16.3 Å². The third-order valence-corrected chi connectivity index (χ3v) is 4.93. The van der Waals surface area contributed by atoms with Gasteiger partial charge in [-0.05, 0) is 25.1 Å². The number of hydrogen-bond acceptors (Lipinski definition) is 7. The van der Waals surface area contributed by atoms with Gasteiger partial charge in [-0.1, -0.05) is 35.9 Å². The molecule has 0 aliphatic rings. The Morgan fingerprint density at radius 3 is 2.84 bits per heavy atom. The summed E-state index contributed by atoms with van der Waals surface area (Å²) in [6.45, 7) is 2.83. The van der Waals surface area contributed by atoms with Crippen LogP contribution in [0.2, 0.25) is 5.02 Å². The first-order valence-electron chi connectivity index (χ1n) is 7.14. The number of thiazole rings is 1. The van der Waals surface area contributed by atoms with Gasteiger partial charge in [0, 0.05) is 11.6 Å². The molecule has 0 atom stereocenters. The van der Waals surface area contributed by atoms with E-state index in [0.717, 1.165) is 11.3 Å². The Morgan fingerprint density at radius 1 is 1.40 bits per heavy atom. The molecule has 136 valence electrons. The van der Waals surface area contributed by atoms with Gasteiger partial charge in [-0.15, -0.1) is 0 Å². The van der Waals surface area contributed by atoms with Crippen LogP contribution in [0.3, 0.4) is 0 Å². The van der Waals surface area contributed by atoms with Gasteiger partial charge >= 0.3 is 10.3 Å². The summed E-state index contributed by atoms with van der Waals surface area (Å²) in [6.07, 6.45) is 0. The molecular weight excluding hydrogens is 390 g/mol. The summed E-state index contributed by atoms with van der Waals surface area (Å²) in [6, 6.07) is 6.86. The summed E-state index contributed by atoms with van der Waals surface area (Å²) in [5.41, 5.74) is 0.571. The van der Waals surface area contributed by atoms with E-state index in [1.54, 1.807) is 38.1 Å². The fourth-order valence-corrected chi connectivity index (χ4v) is 3.41. The number of aryl methyl sites for hydroxylation is 1. The fraction of sp³-hybridized carbons (Fsp3) is 0.286. The third kappa shape index (κ3) is 6.25. The molecule has 0 spiro atoms. The summed E-state index contributed by atoms with van der Waals surface area (Å²) in [5.74, 6) is -0.110. The minimum atomic E-state index is -3.93. The van der Waals surface area contributed by atoms with Gasteiger partial charge in [0.05, 0.1) is 5.69 Å². The number of hydrogen-bond donors (Lipinski definition) is 2. The highest BCUT2D eigenvalue weighted by atomic mass is 35.5. The van der Waals surface area contributed by atoms with Gasteiger partial charge in [-0.3, -0.25) is 10.1 Å². The van der Waals surface area contributed by atoms with Crippen molar-refractivity contribution in [3.05, 3.63) is 35.0 Å². The molecule has 8 nitrogen and oxygen atoms in total. The molecule has 0 radical (unpaired) electrons. The van der Waals surface area contributed by atoms with Crippen molar-refractivity contribution >= 4 is 44.3 Å². The second-order valence-corrected chi connectivity index (χ2v) is 7.54. The highest BCUT2D eigenvalue weighted by Gasteiger charge is 2.15. The first-order chi connectivity index (χ1) is 11.8. The molecule has 0 aliphatic heterocycles. The van der Waals surface area contributed by atoms with Gasteiger partial charge < -0.3 is 4.74 Å². The Bertz CT molecular complexity index is 854.